The molecule has 0 saturated heterocycles. The van der Waals surface area contributed by atoms with Crippen LogP contribution < -0.4 is 16.6 Å². The molecule has 0 bridgehead atoms. The molecule has 0 saturated carbocycles. The van der Waals surface area contributed by atoms with Gasteiger partial charge in [0.1, 0.15) is 0 Å². The van der Waals surface area contributed by atoms with Gasteiger partial charge in [0.25, 0.3) is 11.5 Å². The number of amides is 1. The average molecular weight is 470 g/mol. The quantitative estimate of drug-likeness (QED) is 0.428. The van der Waals surface area contributed by atoms with Gasteiger partial charge in [0.05, 0.1) is 12.2 Å². The molecule has 4 rings (SSSR count). The Kier molecular flexibility index (Phi) is 7.30. The summed E-state index contributed by atoms with van der Waals surface area (Å²) in [6.07, 6.45) is 2.18. The number of pyridine rings is 1. The van der Waals surface area contributed by atoms with E-state index < -0.39 is 17.2 Å². The van der Waals surface area contributed by atoms with Crippen LogP contribution in [0.2, 0.25) is 0 Å². The van der Waals surface area contributed by atoms with Crippen LogP contribution in [0.15, 0.2) is 88.6 Å². The van der Waals surface area contributed by atoms with Gasteiger partial charge in [-0.3, -0.25) is 19.1 Å². The largest absolute Gasteiger partial charge is 0.352 e. The fourth-order valence-corrected chi connectivity index (χ4v) is 3.66. The van der Waals surface area contributed by atoms with E-state index in [2.05, 4.69) is 29.2 Å². The van der Waals surface area contributed by atoms with Gasteiger partial charge in [-0.05, 0) is 41.3 Å². The lowest BCUT2D eigenvalue weighted by molar-refractivity contribution is 0.0944. The van der Waals surface area contributed by atoms with Gasteiger partial charge in [0.2, 0.25) is 5.69 Å². The lowest BCUT2D eigenvalue weighted by Crippen LogP contribution is -2.46. The number of nitrogens with one attached hydrogen (secondary N) is 1. The number of rotatable bonds is 8. The summed E-state index contributed by atoms with van der Waals surface area (Å²) in [6, 6.07) is 22.1. The highest BCUT2D eigenvalue weighted by Gasteiger charge is 2.20. The molecule has 2 aromatic heterocycles. The molecule has 0 aliphatic carbocycles. The number of aromatic nitrogens is 4. The van der Waals surface area contributed by atoms with E-state index in [1.807, 2.05) is 60.7 Å². The van der Waals surface area contributed by atoms with Crippen molar-refractivity contribution in [1.82, 2.24) is 24.6 Å². The Morgan fingerprint density at radius 1 is 0.943 bits per heavy atom. The van der Waals surface area contributed by atoms with Crippen LogP contribution in [0.3, 0.4) is 0 Å². The molecule has 4 aromatic rings. The minimum absolute atomic E-state index is 0.0271. The molecule has 0 fully saturated rings. The molecule has 2 heterocycles. The predicted molar refractivity (Wildman–Crippen MR) is 134 cm³/mol. The fourth-order valence-electron chi connectivity index (χ4n) is 3.66. The number of carbonyl (C=O) groups excluding carboxylic acids is 1. The van der Waals surface area contributed by atoms with Crippen LogP contribution in [0.4, 0.5) is 0 Å². The lowest BCUT2D eigenvalue weighted by atomic mass is 10.0. The molecule has 2 aromatic carbocycles. The summed E-state index contributed by atoms with van der Waals surface area (Å²) in [5.74, 6) is -0.318. The van der Waals surface area contributed by atoms with E-state index in [-0.39, 0.29) is 18.8 Å². The Bertz CT molecular complexity index is 1410. The van der Waals surface area contributed by atoms with E-state index in [9.17, 15) is 14.4 Å². The van der Waals surface area contributed by atoms with Gasteiger partial charge in [-0.25, -0.2) is 4.79 Å². The Morgan fingerprint density at radius 2 is 1.66 bits per heavy atom. The lowest BCUT2D eigenvalue weighted by Gasteiger charge is -2.13. The highest BCUT2D eigenvalue weighted by Crippen LogP contribution is 2.15. The first-order valence-electron chi connectivity index (χ1n) is 11.5. The number of carbonyl (C=O) groups is 1. The predicted octanol–water partition coefficient (Wildman–Crippen LogP) is 2.93. The van der Waals surface area contributed by atoms with Crippen molar-refractivity contribution in [2.45, 2.75) is 32.7 Å². The van der Waals surface area contributed by atoms with Gasteiger partial charge in [0.15, 0.2) is 0 Å². The minimum atomic E-state index is -0.732. The Hall–Kier alpha value is -4.33. The summed E-state index contributed by atoms with van der Waals surface area (Å²) in [6.45, 7) is 4.46. The second kappa shape index (κ2) is 10.7. The second-order valence-electron chi connectivity index (χ2n) is 8.49. The van der Waals surface area contributed by atoms with E-state index >= 15 is 0 Å². The highest BCUT2D eigenvalue weighted by molar-refractivity contribution is 5.91. The fraction of sp³-hybridized carbons (Fsp3) is 0.222. The van der Waals surface area contributed by atoms with E-state index in [4.69, 9.17) is 0 Å². The number of hydrogen-bond donors (Lipinski definition) is 1. The molecule has 8 nitrogen and oxygen atoms in total. The van der Waals surface area contributed by atoms with Crippen molar-refractivity contribution in [3.05, 3.63) is 122 Å². The third kappa shape index (κ3) is 5.60. The number of benzene rings is 2. The standard InChI is InChI=1S/C27H27N5O3/c1-19(2)21-11-13-23(14-12-21)32-27(35)31(18-20-8-4-3-5-9-20)26(34)24(30-32)25(33)29-17-15-22-10-6-7-16-28-22/h3-14,16,19H,15,17-18H2,1-2H3,(H,29,33). The van der Waals surface area contributed by atoms with Crippen LogP contribution in [-0.2, 0) is 13.0 Å². The molecular formula is C27H27N5O3. The van der Waals surface area contributed by atoms with E-state index in [1.54, 1.807) is 18.3 Å². The van der Waals surface area contributed by atoms with Crippen molar-refractivity contribution < 1.29 is 4.79 Å². The molecule has 1 amide bonds. The van der Waals surface area contributed by atoms with Crippen molar-refractivity contribution in [2.75, 3.05) is 6.54 Å². The number of hydrogen-bond acceptors (Lipinski definition) is 5. The Labute approximate surface area is 202 Å². The molecular weight excluding hydrogens is 442 g/mol. The van der Waals surface area contributed by atoms with Gasteiger partial charge < -0.3 is 5.32 Å². The Morgan fingerprint density at radius 3 is 2.31 bits per heavy atom. The first-order chi connectivity index (χ1) is 16.9. The van der Waals surface area contributed by atoms with Crippen molar-refractivity contribution in [3.63, 3.8) is 0 Å². The van der Waals surface area contributed by atoms with Crippen LogP contribution in [0, 0.1) is 0 Å². The minimum Gasteiger partial charge on any atom is -0.350 e. The van der Waals surface area contributed by atoms with E-state index in [0.717, 1.165) is 26.1 Å². The molecule has 8 heteroatoms. The Balaban J connectivity index is 1.71. The van der Waals surface area contributed by atoms with E-state index in [0.29, 0.717) is 18.0 Å². The highest BCUT2D eigenvalue weighted by atomic mass is 16.2. The van der Waals surface area contributed by atoms with Gasteiger partial charge >= 0.3 is 5.69 Å². The smallest absolute Gasteiger partial charge is 0.350 e. The molecule has 1 N–H and O–H groups in total. The van der Waals surface area contributed by atoms with Crippen LogP contribution in [-0.4, -0.2) is 31.8 Å². The third-order valence-electron chi connectivity index (χ3n) is 5.66. The van der Waals surface area contributed by atoms with Gasteiger partial charge in [-0.15, -0.1) is 0 Å². The maximum atomic E-state index is 13.3. The summed E-state index contributed by atoms with van der Waals surface area (Å²) in [5, 5.41) is 6.92. The molecule has 35 heavy (non-hydrogen) atoms. The van der Waals surface area contributed by atoms with Crippen LogP contribution in [0.1, 0.15) is 47.1 Å². The zero-order valence-corrected chi connectivity index (χ0v) is 19.7. The second-order valence-corrected chi connectivity index (χ2v) is 8.49. The molecule has 0 aliphatic rings. The zero-order valence-electron chi connectivity index (χ0n) is 19.7. The van der Waals surface area contributed by atoms with Crippen LogP contribution in [0.25, 0.3) is 5.69 Å². The van der Waals surface area contributed by atoms with Crippen LogP contribution in [0.5, 0.6) is 0 Å². The topological polar surface area (TPSA) is 98.9 Å². The maximum absolute atomic E-state index is 13.3. The summed E-state index contributed by atoms with van der Waals surface area (Å²) in [4.78, 5) is 43.7. The normalized spacial score (nSPS) is 10.9. The summed E-state index contributed by atoms with van der Waals surface area (Å²) in [5.41, 5.74) is 1.48. The third-order valence-corrected chi connectivity index (χ3v) is 5.66. The van der Waals surface area contributed by atoms with E-state index in [1.165, 1.54) is 0 Å². The maximum Gasteiger partial charge on any atom is 0.352 e. The number of nitrogens with zero attached hydrogens (tertiary/aromatic N) is 4. The molecule has 0 unspecified atom stereocenters. The van der Waals surface area contributed by atoms with Crippen molar-refractivity contribution in [3.8, 4) is 5.69 Å². The van der Waals surface area contributed by atoms with Crippen LogP contribution >= 0.6 is 0 Å². The summed E-state index contributed by atoms with van der Waals surface area (Å²) in [7, 11) is 0. The molecule has 0 atom stereocenters. The first-order valence-corrected chi connectivity index (χ1v) is 11.5. The summed E-state index contributed by atoms with van der Waals surface area (Å²) >= 11 is 0. The molecule has 0 spiro atoms. The average Bonchev–Trinajstić information content (AvgIpc) is 2.88. The SMILES string of the molecule is CC(C)c1ccc(-n2nc(C(=O)NCCc3ccccn3)c(=O)n(Cc3ccccc3)c2=O)cc1. The van der Waals surface area contributed by atoms with Crippen molar-refractivity contribution >= 4 is 5.91 Å². The molecule has 0 radical (unpaired) electrons. The van der Waals surface area contributed by atoms with Gasteiger partial charge in [-0.2, -0.15) is 9.78 Å². The molecule has 178 valence electrons. The van der Waals surface area contributed by atoms with Crippen molar-refractivity contribution in [2.24, 2.45) is 0 Å². The van der Waals surface area contributed by atoms with Gasteiger partial charge in [-0.1, -0.05) is 62.4 Å². The summed E-state index contributed by atoms with van der Waals surface area (Å²) < 4.78 is 2.16. The van der Waals surface area contributed by atoms with Crippen molar-refractivity contribution in [1.29, 1.82) is 0 Å². The monoisotopic (exact) mass is 469 g/mol. The first kappa shape index (κ1) is 23.8. The van der Waals surface area contributed by atoms with Gasteiger partial charge in [0, 0.05) is 24.9 Å². The zero-order chi connectivity index (χ0) is 24.8. The molecule has 0 aliphatic heterocycles.